The Morgan fingerprint density at radius 2 is 2.06 bits per heavy atom. The summed E-state index contributed by atoms with van der Waals surface area (Å²) >= 11 is 0. The Hall–Kier alpha value is -3.82. The number of aryl methyl sites for hydroxylation is 1. The lowest BCUT2D eigenvalue weighted by molar-refractivity contribution is -0.119. The SMILES string of the molecule is NC(=O)C1CCCN1c1cc2c3c(nc(-c4ccc5oc(N)nc5c4)n3CCCO2)c1F. The van der Waals surface area contributed by atoms with Gasteiger partial charge < -0.3 is 30.1 Å². The molecule has 2 aliphatic heterocycles. The summed E-state index contributed by atoms with van der Waals surface area (Å²) in [6.07, 6.45) is 2.11. The van der Waals surface area contributed by atoms with Gasteiger partial charge in [-0.15, -0.1) is 0 Å². The van der Waals surface area contributed by atoms with Crippen molar-refractivity contribution in [1.82, 2.24) is 14.5 Å². The third-order valence-electron chi connectivity index (χ3n) is 6.24. The van der Waals surface area contributed by atoms with Gasteiger partial charge in [0.2, 0.25) is 5.91 Å². The highest BCUT2D eigenvalue weighted by atomic mass is 19.1. The molecule has 0 spiro atoms. The molecule has 0 saturated carbocycles. The fourth-order valence-electron chi connectivity index (χ4n) is 4.83. The van der Waals surface area contributed by atoms with E-state index in [0.717, 1.165) is 18.4 Å². The maximum atomic E-state index is 15.8. The highest BCUT2D eigenvalue weighted by Crippen LogP contribution is 2.41. The van der Waals surface area contributed by atoms with Gasteiger partial charge in [-0.25, -0.2) is 9.37 Å². The van der Waals surface area contributed by atoms with Crippen LogP contribution in [0.3, 0.4) is 0 Å². The number of nitrogen functional groups attached to an aromatic ring is 1. The van der Waals surface area contributed by atoms with Crippen LogP contribution in [0, 0.1) is 5.82 Å². The van der Waals surface area contributed by atoms with Crippen LogP contribution >= 0.6 is 0 Å². The van der Waals surface area contributed by atoms with Gasteiger partial charge in [-0.2, -0.15) is 4.98 Å². The number of rotatable bonds is 3. The van der Waals surface area contributed by atoms with Crippen LogP contribution in [0.25, 0.3) is 33.5 Å². The van der Waals surface area contributed by atoms with E-state index in [0.29, 0.717) is 60.0 Å². The smallest absolute Gasteiger partial charge is 0.292 e. The third kappa shape index (κ3) is 2.72. The van der Waals surface area contributed by atoms with Crippen molar-refractivity contribution in [1.29, 1.82) is 0 Å². The molecule has 4 heterocycles. The van der Waals surface area contributed by atoms with Crippen LogP contribution in [0.2, 0.25) is 0 Å². The zero-order chi connectivity index (χ0) is 22.0. The summed E-state index contributed by atoms with van der Waals surface area (Å²) in [5.41, 5.74) is 14.3. The lowest BCUT2D eigenvalue weighted by Crippen LogP contribution is -2.40. The van der Waals surface area contributed by atoms with E-state index in [2.05, 4.69) is 9.97 Å². The first kappa shape index (κ1) is 18.9. The highest BCUT2D eigenvalue weighted by Gasteiger charge is 2.33. The largest absolute Gasteiger partial charge is 0.491 e. The van der Waals surface area contributed by atoms with E-state index in [1.165, 1.54) is 0 Å². The summed E-state index contributed by atoms with van der Waals surface area (Å²) in [6.45, 7) is 1.68. The lowest BCUT2D eigenvalue weighted by atomic mass is 10.1. The Bertz CT molecular complexity index is 1390. The molecule has 1 amide bonds. The molecule has 0 aliphatic carbocycles. The predicted molar refractivity (Wildman–Crippen MR) is 117 cm³/mol. The Labute approximate surface area is 181 Å². The number of carbonyl (C=O) groups excluding carboxylic acids is 1. The van der Waals surface area contributed by atoms with Crippen LogP contribution < -0.4 is 21.1 Å². The highest BCUT2D eigenvalue weighted by molar-refractivity contribution is 5.93. The average Bonchev–Trinajstić information content (AvgIpc) is 3.45. The second kappa shape index (κ2) is 6.84. The van der Waals surface area contributed by atoms with Crippen LogP contribution in [0.4, 0.5) is 16.1 Å². The molecule has 1 atom stereocenters. The Kier molecular flexibility index (Phi) is 4.04. The summed E-state index contributed by atoms with van der Waals surface area (Å²) in [5, 5.41) is 0. The van der Waals surface area contributed by atoms with Crippen molar-refractivity contribution in [2.45, 2.75) is 31.8 Å². The Morgan fingerprint density at radius 3 is 2.91 bits per heavy atom. The van der Waals surface area contributed by atoms with E-state index in [1.807, 2.05) is 16.7 Å². The first-order valence-electron chi connectivity index (χ1n) is 10.6. The molecule has 10 heteroatoms. The number of ether oxygens (including phenoxy) is 1. The monoisotopic (exact) mass is 436 g/mol. The van der Waals surface area contributed by atoms with Crippen molar-refractivity contribution in [3.05, 3.63) is 30.1 Å². The van der Waals surface area contributed by atoms with Crippen LogP contribution in [0.5, 0.6) is 5.75 Å². The fraction of sp³-hybridized carbons (Fsp3) is 0.318. The van der Waals surface area contributed by atoms with Crippen molar-refractivity contribution in [3.63, 3.8) is 0 Å². The van der Waals surface area contributed by atoms with Crippen LogP contribution in [-0.2, 0) is 11.3 Å². The van der Waals surface area contributed by atoms with E-state index in [1.54, 1.807) is 17.0 Å². The molecule has 2 aromatic heterocycles. The maximum Gasteiger partial charge on any atom is 0.292 e. The average molecular weight is 436 g/mol. The number of anilines is 2. The minimum atomic E-state index is -0.540. The van der Waals surface area contributed by atoms with Gasteiger partial charge in [0.15, 0.2) is 11.4 Å². The molecule has 0 radical (unpaired) electrons. The number of nitrogens with two attached hydrogens (primary N) is 2. The number of fused-ring (bicyclic) bond motifs is 1. The molecule has 2 aliphatic rings. The van der Waals surface area contributed by atoms with Gasteiger partial charge in [0.05, 0.1) is 12.3 Å². The number of aromatic nitrogens is 3. The van der Waals surface area contributed by atoms with Crippen LogP contribution in [0.1, 0.15) is 19.3 Å². The quantitative estimate of drug-likeness (QED) is 0.506. The normalized spacial score (nSPS) is 18.3. The molecular weight excluding hydrogens is 415 g/mol. The Morgan fingerprint density at radius 1 is 1.19 bits per heavy atom. The molecular formula is C22H21FN6O3. The molecule has 1 saturated heterocycles. The Balaban J connectivity index is 1.57. The molecule has 2 aromatic carbocycles. The zero-order valence-corrected chi connectivity index (χ0v) is 17.2. The van der Waals surface area contributed by atoms with Crippen molar-refractivity contribution >= 4 is 39.7 Å². The van der Waals surface area contributed by atoms with Crippen molar-refractivity contribution in [2.75, 3.05) is 23.8 Å². The summed E-state index contributed by atoms with van der Waals surface area (Å²) < 4.78 is 29.1. The van der Waals surface area contributed by atoms with Gasteiger partial charge in [-0.1, -0.05) is 0 Å². The number of primary amides is 1. The van der Waals surface area contributed by atoms with Gasteiger partial charge in [0.1, 0.15) is 34.2 Å². The predicted octanol–water partition coefficient (Wildman–Crippen LogP) is 2.80. The van der Waals surface area contributed by atoms with Crippen molar-refractivity contribution < 1.29 is 18.3 Å². The summed E-state index contributed by atoms with van der Waals surface area (Å²) in [7, 11) is 0. The molecule has 164 valence electrons. The third-order valence-corrected chi connectivity index (χ3v) is 6.24. The van der Waals surface area contributed by atoms with Crippen LogP contribution in [0.15, 0.2) is 28.7 Å². The van der Waals surface area contributed by atoms with Crippen molar-refractivity contribution in [3.8, 4) is 17.1 Å². The number of halogens is 1. The first-order chi connectivity index (χ1) is 15.5. The maximum absolute atomic E-state index is 15.8. The number of benzene rings is 2. The molecule has 1 fully saturated rings. The number of imidazole rings is 1. The summed E-state index contributed by atoms with van der Waals surface area (Å²) in [6, 6.07) is 6.68. The van der Waals surface area contributed by atoms with E-state index < -0.39 is 17.8 Å². The zero-order valence-electron chi connectivity index (χ0n) is 17.2. The minimum Gasteiger partial charge on any atom is -0.491 e. The van der Waals surface area contributed by atoms with E-state index >= 15 is 4.39 Å². The summed E-state index contributed by atoms with van der Waals surface area (Å²) in [4.78, 5) is 22.5. The van der Waals surface area contributed by atoms with E-state index in [4.69, 9.17) is 20.6 Å². The minimum absolute atomic E-state index is 0.0876. The molecule has 6 rings (SSSR count). The number of nitrogens with zero attached hydrogens (tertiary/aromatic N) is 4. The van der Waals surface area contributed by atoms with Gasteiger partial charge in [0, 0.05) is 24.7 Å². The fourth-order valence-corrected chi connectivity index (χ4v) is 4.83. The van der Waals surface area contributed by atoms with Crippen molar-refractivity contribution in [2.24, 2.45) is 5.73 Å². The number of carbonyl (C=O) groups is 1. The number of hydrogen-bond donors (Lipinski definition) is 2. The molecule has 1 unspecified atom stereocenters. The second-order valence-corrected chi connectivity index (χ2v) is 8.18. The summed E-state index contributed by atoms with van der Waals surface area (Å²) in [5.74, 6) is 0.225. The van der Waals surface area contributed by atoms with Gasteiger partial charge in [-0.05, 0) is 37.5 Å². The van der Waals surface area contributed by atoms with Gasteiger partial charge in [-0.3, -0.25) is 4.79 Å². The number of hydrogen-bond acceptors (Lipinski definition) is 7. The number of oxazole rings is 1. The molecule has 0 bridgehead atoms. The lowest BCUT2D eigenvalue weighted by Gasteiger charge is -2.25. The van der Waals surface area contributed by atoms with Gasteiger partial charge in [0.25, 0.3) is 6.01 Å². The molecule has 32 heavy (non-hydrogen) atoms. The second-order valence-electron chi connectivity index (χ2n) is 8.18. The van der Waals surface area contributed by atoms with E-state index in [9.17, 15) is 4.79 Å². The number of amides is 1. The first-order valence-corrected chi connectivity index (χ1v) is 10.6. The standard InChI is InChI=1S/C22H21FN6O3/c23-17-14(28-6-1-3-13(28)20(24)30)10-16-19-18(17)27-21(29(19)7-2-8-31-16)11-4-5-15-12(9-11)26-22(25)32-15/h4-5,9-10,13H,1-3,6-8H2,(H2,24,30)(H2,25,26). The molecule has 9 nitrogen and oxygen atoms in total. The van der Waals surface area contributed by atoms with Gasteiger partial charge >= 0.3 is 0 Å². The van der Waals surface area contributed by atoms with Crippen LogP contribution in [-0.4, -0.2) is 39.6 Å². The van der Waals surface area contributed by atoms with E-state index in [-0.39, 0.29) is 11.5 Å². The topological polar surface area (TPSA) is 125 Å². The molecule has 4 N–H and O–H groups in total. The molecule has 4 aromatic rings.